The van der Waals surface area contributed by atoms with E-state index in [4.69, 9.17) is 16.3 Å². The number of anilines is 4. The van der Waals surface area contributed by atoms with Crippen molar-refractivity contribution in [2.24, 2.45) is 0 Å². The molecule has 2 aromatic carbocycles. The highest BCUT2D eigenvalue weighted by atomic mass is 35.5. The van der Waals surface area contributed by atoms with Gasteiger partial charge in [-0.3, -0.25) is 10.1 Å². The van der Waals surface area contributed by atoms with Crippen molar-refractivity contribution in [1.82, 2.24) is 9.97 Å². The summed E-state index contributed by atoms with van der Waals surface area (Å²) in [5.41, 5.74) is 2.50. The molecule has 166 valence electrons. The summed E-state index contributed by atoms with van der Waals surface area (Å²) in [5, 5.41) is 15.6. The lowest BCUT2D eigenvalue weighted by molar-refractivity contribution is -0.383. The van der Waals surface area contributed by atoms with Crippen LogP contribution in [-0.4, -0.2) is 48.2 Å². The first-order valence-corrected chi connectivity index (χ1v) is 10.5. The van der Waals surface area contributed by atoms with Gasteiger partial charge in [0.05, 0.1) is 12.0 Å². The first-order chi connectivity index (χ1) is 15.5. The van der Waals surface area contributed by atoms with Gasteiger partial charge < -0.3 is 19.9 Å². The van der Waals surface area contributed by atoms with Gasteiger partial charge in [0.25, 0.3) is 0 Å². The number of nitro groups is 1. The minimum atomic E-state index is -0.437. The Hall–Kier alpha value is -3.59. The number of hydrogen-bond donors (Lipinski definition) is 1. The quantitative estimate of drug-likeness (QED) is 0.431. The van der Waals surface area contributed by atoms with Gasteiger partial charge in [-0.25, -0.2) is 9.97 Å². The van der Waals surface area contributed by atoms with E-state index in [1.807, 2.05) is 42.2 Å². The highest BCUT2D eigenvalue weighted by Crippen LogP contribution is 2.35. The summed E-state index contributed by atoms with van der Waals surface area (Å²) in [6.07, 6.45) is 1.35. The van der Waals surface area contributed by atoms with E-state index in [1.165, 1.54) is 6.33 Å². The molecular weight excluding hydrogens is 432 g/mol. The normalized spacial score (nSPS) is 13.7. The number of nitrogens with one attached hydrogen (secondary N) is 1. The summed E-state index contributed by atoms with van der Waals surface area (Å²) in [4.78, 5) is 24.1. The minimum absolute atomic E-state index is 0.142. The number of halogens is 1. The Morgan fingerprint density at radius 3 is 2.41 bits per heavy atom. The summed E-state index contributed by atoms with van der Waals surface area (Å²) in [6, 6.07) is 13.2. The zero-order valence-corrected chi connectivity index (χ0v) is 18.5. The molecule has 1 aliphatic heterocycles. The van der Waals surface area contributed by atoms with Gasteiger partial charge in [-0.15, -0.1) is 0 Å². The molecule has 0 radical (unpaired) electrons. The topological polar surface area (TPSA) is 96.7 Å². The summed E-state index contributed by atoms with van der Waals surface area (Å²) >= 11 is 6.09. The predicted octanol–water partition coefficient (Wildman–Crippen LogP) is 4.43. The van der Waals surface area contributed by atoms with E-state index in [-0.39, 0.29) is 11.5 Å². The molecule has 2 heterocycles. The van der Waals surface area contributed by atoms with Gasteiger partial charge in [-0.2, -0.15) is 0 Å². The molecule has 0 atom stereocenters. The third-order valence-corrected chi connectivity index (χ3v) is 5.69. The van der Waals surface area contributed by atoms with Crippen LogP contribution in [0.5, 0.6) is 5.75 Å². The van der Waals surface area contributed by atoms with E-state index in [9.17, 15) is 10.1 Å². The van der Waals surface area contributed by atoms with Crippen molar-refractivity contribution < 1.29 is 9.66 Å². The second-order valence-electron chi connectivity index (χ2n) is 7.41. The van der Waals surface area contributed by atoms with Crippen LogP contribution in [0.3, 0.4) is 0 Å². The van der Waals surface area contributed by atoms with E-state index < -0.39 is 4.92 Å². The number of ether oxygens (including phenoxy) is 1. The van der Waals surface area contributed by atoms with Crippen molar-refractivity contribution in [3.05, 3.63) is 69.5 Å². The SMILES string of the molecule is COc1ccc(N2CCN(c3ncnc(Nc4cc(Cl)ccc4C)c3[N+](=O)[O-])CC2)cc1. The van der Waals surface area contributed by atoms with Crippen LogP contribution < -0.4 is 19.9 Å². The Bertz CT molecular complexity index is 1120. The molecule has 0 spiro atoms. The number of nitrogens with zero attached hydrogens (tertiary/aromatic N) is 5. The van der Waals surface area contributed by atoms with E-state index >= 15 is 0 Å². The lowest BCUT2D eigenvalue weighted by atomic mass is 10.2. The van der Waals surface area contributed by atoms with E-state index in [1.54, 1.807) is 19.2 Å². The van der Waals surface area contributed by atoms with Crippen molar-refractivity contribution in [1.29, 1.82) is 0 Å². The summed E-state index contributed by atoms with van der Waals surface area (Å²) in [5.74, 6) is 1.25. The number of rotatable bonds is 6. The van der Waals surface area contributed by atoms with Gasteiger partial charge in [-0.05, 0) is 48.9 Å². The number of hydrogen-bond acceptors (Lipinski definition) is 8. The van der Waals surface area contributed by atoms with Crippen LogP contribution in [0.25, 0.3) is 0 Å². The molecule has 1 fully saturated rings. The number of piperazine rings is 1. The molecule has 9 nitrogen and oxygen atoms in total. The van der Waals surface area contributed by atoms with Gasteiger partial charge in [0.15, 0.2) is 0 Å². The molecule has 1 aliphatic rings. The molecule has 4 rings (SSSR count). The van der Waals surface area contributed by atoms with Gasteiger partial charge in [-0.1, -0.05) is 17.7 Å². The zero-order valence-electron chi connectivity index (χ0n) is 17.8. The largest absolute Gasteiger partial charge is 0.497 e. The maximum absolute atomic E-state index is 12.0. The van der Waals surface area contributed by atoms with Crippen LogP contribution in [0.4, 0.5) is 28.7 Å². The average molecular weight is 455 g/mol. The Labute approximate surface area is 190 Å². The zero-order chi connectivity index (χ0) is 22.7. The van der Waals surface area contributed by atoms with Crippen LogP contribution >= 0.6 is 11.6 Å². The van der Waals surface area contributed by atoms with Crippen molar-refractivity contribution >= 4 is 40.3 Å². The Morgan fingerprint density at radius 1 is 1.06 bits per heavy atom. The molecule has 1 saturated heterocycles. The fourth-order valence-electron chi connectivity index (χ4n) is 3.69. The monoisotopic (exact) mass is 454 g/mol. The maximum Gasteiger partial charge on any atom is 0.353 e. The molecule has 0 unspecified atom stereocenters. The van der Waals surface area contributed by atoms with Crippen molar-refractivity contribution in [3.8, 4) is 5.75 Å². The molecule has 10 heteroatoms. The Kier molecular flexibility index (Phi) is 6.27. The fraction of sp³-hybridized carbons (Fsp3) is 0.273. The molecule has 0 saturated carbocycles. The van der Waals surface area contributed by atoms with Crippen LogP contribution in [0.1, 0.15) is 5.56 Å². The van der Waals surface area contributed by atoms with Gasteiger partial charge in [0, 0.05) is 42.6 Å². The average Bonchev–Trinajstić information content (AvgIpc) is 2.81. The van der Waals surface area contributed by atoms with Gasteiger partial charge >= 0.3 is 5.69 Å². The molecule has 3 aromatic rings. The van der Waals surface area contributed by atoms with Gasteiger partial charge in [0.1, 0.15) is 12.1 Å². The fourth-order valence-corrected chi connectivity index (χ4v) is 3.86. The summed E-state index contributed by atoms with van der Waals surface area (Å²) < 4.78 is 5.22. The van der Waals surface area contributed by atoms with Crippen LogP contribution in [0, 0.1) is 17.0 Å². The van der Waals surface area contributed by atoms with Crippen molar-refractivity contribution in [3.63, 3.8) is 0 Å². The standard InChI is InChI=1S/C22H23ClN6O3/c1-15-3-4-16(23)13-19(15)26-21-20(29(30)31)22(25-14-24-21)28-11-9-27(10-12-28)17-5-7-18(32-2)8-6-17/h3-8,13-14H,9-12H2,1-2H3,(H,24,25,26). The molecule has 1 N–H and O–H groups in total. The first kappa shape index (κ1) is 21.6. The second kappa shape index (κ2) is 9.27. The third-order valence-electron chi connectivity index (χ3n) is 5.45. The molecular formula is C22H23ClN6O3. The number of methoxy groups -OCH3 is 1. The molecule has 1 aromatic heterocycles. The van der Waals surface area contributed by atoms with E-state index in [2.05, 4.69) is 20.2 Å². The molecule has 32 heavy (non-hydrogen) atoms. The Morgan fingerprint density at radius 2 is 1.75 bits per heavy atom. The second-order valence-corrected chi connectivity index (χ2v) is 7.84. The molecule has 0 amide bonds. The van der Waals surface area contributed by atoms with Crippen LogP contribution in [-0.2, 0) is 0 Å². The minimum Gasteiger partial charge on any atom is -0.497 e. The third kappa shape index (κ3) is 4.52. The summed E-state index contributed by atoms with van der Waals surface area (Å²) in [6.45, 7) is 4.51. The highest BCUT2D eigenvalue weighted by Gasteiger charge is 2.29. The van der Waals surface area contributed by atoms with Crippen LogP contribution in [0.2, 0.25) is 5.02 Å². The maximum atomic E-state index is 12.0. The number of aromatic nitrogens is 2. The lowest BCUT2D eigenvalue weighted by Gasteiger charge is -2.36. The van der Waals surface area contributed by atoms with Crippen molar-refractivity contribution in [2.45, 2.75) is 6.92 Å². The molecule has 0 aliphatic carbocycles. The van der Waals surface area contributed by atoms with Crippen LogP contribution in [0.15, 0.2) is 48.8 Å². The number of aryl methyl sites for hydroxylation is 1. The molecule has 0 bridgehead atoms. The predicted molar refractivity (Wildman–Crippen MR) is 126 cm³/mol. The Balaban J connectivity index is 1.55. The van der Waals surface area contributed by atoms with E-state index in [0.717, 1.165) is 17.0 Å². The van der Waals surface area contributed by atoms with E-state index in [0.29, 0.717) is 42.7 Å². The number of benzene rings is 2. The highest BCUT2D eigenvalue weighted by molar-refractivity contribution is 6.30. The van der Waals surface area contributed by atoms with Gasteiger partial charge in [0.2, 0.25) is 11.6 Å². The lowest BCUT2D eigenvalue weighted by Crippen LogP contribution is -2.47. The van der Waals surface area contributed by atoms with Crippen molar-refractivity contribution in [2.75, 3.05) is 48.4 Å². The first-order valence-electron chi connectivity index (χ1n) is 10.1. The smallest absolute Gasteiger partial charge is 0.353 e. The summed E-state index contributed by atoms with van der Waals surface area (Å²) in [7, 11) is 1.64.